The van der Waals surface area contributed by atoms with Gasteiger partial charge in [-0.15, -0.1) is 0 Å². The molecular weight excluding hydrogens is 260 g/mol. The van der Waals surface area contributed by atoms with Gasteiger partial charge in [0.2, 0.25) is 5.91 Å². The molecule has 1 aromatic carbocycles. The van der Waals surface area contributed by atoms with Crippen molar-refractivity contribution in [2.75, 3.05) is 18.4 Å². The summed E-state index contributed by atoms with van der Waals surface area (Å²) in [4.78, 5) is 12.4. The van der Waals surface area contributed by atoms with Crippen LogP contribution in [0.5, 0.6) is 0 Å². The lowest BCUT2D eigenvalue weighted by atomic mass is 9.93. The molecule has 114 valence electrons. The summed E-state index contributed by atoms with van der Waals surface area (Å²) < 4.78 is 0. The molecule has 3 rings (SSSR count). The van der Waals surface area contributed by atoms with Crippen molar-refractivity contribution in [3.63, 3.8) is 0 Å². The van der Waals surface area contributed by atoms with E-state index in [1.807, 2.05) is 12.1 Å². The minimum Gasteiger partial charge on any atom is -0.384 e. The Morgan fingerprint density at radius 1 is 1.24 bits per heavy atom. The van der Waals surface area contributed by atoms with Crippen molar-refractivity contribution < 1.29 is 4.79 Å². The molecule has 0 aromatic heterocycles. The van der Waals surface area contributed by atoms with E-state index in [0.717, 1.165) is 19.5 Å². The molecule has 1 aliphatic heterocycles. The van der Waals surface area contributed by atoms with Gasteiger partial charge in [0.25, 0.3) is 0 Å². The number of carbonyl (C=O) groups excluding carboxylic acids is 1. The minimum absolute atomic E-state index is 0.0462. The van der Waals surface area contributed by atoms with E-state index >= 15 is 0 Å². The molecule has 0 bridgehead atoms. The summed E-state index contributed by atoms with van der Waals surface area (Å²) in [5, 5.41) is 6.55. The molecule has 3 nitrogen and oxygen atoms in total. The van der Waals surface area contributed by atoms with Gasteiger partial charge in [0.15, 0.2) is 0 Å². The van der Waals surface area contributed by atoms with Crippen LogP contribution in [0, 0.1) is 22.7 Å². The number of hydrogen-bond donors (Lipinski definition) is 2. The van der Waals surface area contributed by atoms with E-state index in [1.54, 1.807) is 0 Å². The zero-order valence-corrected chi connectivity index (χ0v) is 13.5. The fourth-order valence-corrected chi connectivity index (χ4v) is 3.82. The quantitative estimate of drug-likeness (QED) is 0.896. The summed E-state index contributed by atoms with van der Waals surface area (Å²) in [5.41, 5.74) is 3.08. The highest BCUT2D eigenvalue weighted by atomic mass is 16.1. The molecule has 1 unspecified atom stereocenters. The van der Waals surface area contributed by atoms with Crippen molar-refractivity contribution in [2.45, 2.75) is 34.1 Å². The second-order valence-corrected chi connectivity index (χ2v) is 7.68. The van der Waals surface area contributed by atoms with Crippen LogP contribution in [0.25, 0.3) is 0 Å². The van der Waals surface area contributed by atoms with Crippen LogP contribution in [0.2, 0.25) is 0 Å². The second kappa shape index (κ2) is 4.75. The summed E-state index contributed by atoms with van der Waals surface area (Å²) >= 11 is 0. The smallest absolute Gasteiger partial charge is 0.225 e. The average Bonchev–Trinajstić information content (AvgIpc) is 2.85. The van der Waals surface area contributed by atoms with Crippen molar-refractivity contribution in [2.24, 2.45) is 22.7 Å². The van der Waals surface area contributed by atoms with E-state index in [4.69, 9.17) is 0 Å². The van der Waals surface area contributed by atoms with Gasteiger partial charge in [0.1, 0.15) is 0 Å². The first-order valence-electron chi connectivity index (χ1n) is 7.93. The van der Waals surface area contributed by atoms with E-state index in [1.165, 1.54) is 11.3 Å². The van der Waals surface area contributed by atoms with E-state index in [-0.39, 0.29) is 11.8 Å². The largest absolute Gasteiger partial charge is 0.384 e. The van der Waals surface area contributed by atoms with Gasteiger partial charge in [-0.3, -0.25) is 4.79 Å². The Bertz CT molecular complexity index is 548. The van der Waals surface area contributed by atoms with E-state index < -0.39 is 0 Å². The highest BCUT2D eigenvalue weighted by Crippen LogP contribution is 2.67. The Labute approximate surface area is 127 Å². The van der Waals surface area contributed by atoms with Gasteiger partial charge in [-0.05, 0) is 34.8 Å². The molecule has 2 N–H and O–H groups in total. The topological polar surface area (TPSA) is 41.1 Å². The monoisotopic (exact) mass is 286 g/mol. The zero-order valence-electron chi connectivity index (χ0n) is 13.5. The summed E-state index contributed by atoms with van der Waals surface area (Å²) in [5.74, 6) is 0.818. The SMILES string of the molecule is CC1(C)C(CNC(=O)C2CNc3ccccc3C2)C1(C)C. The summed E-state index contributed by atoms with van der Waals surface area (Å²) in [6.45, 7) is 10.7. The van der Waals surface area contributed by atoms with Gasteiger partial charge in [0, 0.05) is 18.8 Å². The Morgan fingerprint density at radius 3 is 2.57 bits per heavy atom. The lowest BCUT2D eigenvalue weighted by Gasteiger charge is -2.25. The van der Waals surface area contributed by atoms with Crippen molar-refractivity contribution in [3.05, 3.63) is 29.8 Å². The first kappa shape index (κ1) is 14.4. The van der Waals surface area contributed by atoms with Gasteiger partial charge < -0.3 is 10.6 Å². The van der Waals surface area contributed by atoms with Gasteiger partial charge >= 0.3 is 0 Å². The Kier molecular flexibility index (Phi) is 3.27. The molecule has 0 spiro atoms. The number of benzene rings is 1. The zero-order chi connectivity index (χ0) is 15.3. The molecule has 1 saturated carbocycles. The molecule has 3 heteroatoms. The predicted molar refractivity (Wildman–Crippen MR) is 86.2 cm³/mol. The number of nitrogens with one attached hydrogen (secondary N) is 2. The minimum atomic E-state index is 0.0462. The number of hydrogen-bond acceptors (Lipinski definition) is 2. The maximum atomic E-state index is 12.4. The molecule has 1 aromatic rings. The molecule has 0 radical (unpaired) electrons. The van der Waals surface area contributed by atoms with Crippen LogP contribution in [-0.4, -0.2) is 19.0 Å². The fourth-order valence-electron chi connectivity index (χ4n) is 3.82. The van der Waals surface area contributed by atoms with Crippen LogP contribution in [0.1, 0.15) is 33.3 Å². The highest BCUT2D eigenvalue weighted by Gasteiger charge is 2.64. The summed E-state index contributed by atoms with van der Waals surface area (Å²) in [6, 6.07) is 8.26. The predicted octanol–water partition coefficient (Wildman–Crippen LogP) is 3.07. The van der Waals surface area contributed by atoms with Gasteiger partial charge in [0.05, 0.1) is 5.92 Å². The molecule has 1 atom stereocenters. The molecule has 1 amide bonds. The average molecular weight is 286 g/mol. The van der Waals surface area contributed by atoms with Crippen LogP contribution >= 0.6 is 0 Å². The van der Waals surface area contributed by atoms with Gasteiger partial charge in [-0.1, -0.05) is 45.9 Å². The maximum absolute atomic E-state index is 12.4. The van der Waals surface area contributed by atoms with Crippen molar-refractivity contribution in [1.29, 1.82) is 0 Å². The van der Waals surface area contributed by atoms with Crippen LogP contribution in [0.4, 0.5) is 5.69 Å². The van der Waals surface area contributed by atoms with Crippen molar-refractivity contribution in [3.8, 4) is 0 Å². The third-order valence-electron chi connectivity index (χ3n) is 6.19. The van der Waals surface area contributed by atoms with E-state index in [9.17, 15) is 4.79 Å². The number of amides is 1. The summed E-state index contributed by atoms with van der Waals surface area (Å²) in [7, 11) is 0. The van der Waals surface area contributed by atoms with Gasteiger partial charge in [-0.25, -0.2) is 0 Å². The Morgan fingerprint density at radius 2 is 1.90 bits per heavy atom. The second-order valence-electron chi connectivity index (χ2n) is 7.68. The molecule has 21 heavy (non-hydrogen) atoms. The molecule has 1 aliphatic carbocycles. The third-order valence-corrected chi connectivity index (χ3v) is 6.19. The third kappa shape index (κ3) is 2.33. The van der Waals surface area contributed by atoms with Crippen molar-refractivity contribution >= 4 is 11.6 Å². The van der Waals surface area contributed by atoms with Crippen molar-refractivity contribution in [1.82, 2.24) is 5.32 Å². The van der Waals surface area contributed by atoms with Crippen LogP contribution in [0.3, 0.4) is 0 Å². The number of anilines is 1. The lowest BCUT2D eigenvalue weighted by Crippen LogP contribution is -2.39. The lowest BCUT2D eigenvalue weighted by molar-refractivity contribution is -0.124. The van der Waals surface area contributed by atoms with E-state index in [2.05, 4.69) is 50.5 Å². The first-order valence-corrected chi connectivity index (χ1v) is 7.93. The standard InChI is InChI=1S/C18H26N2O/c1-17(2)15(18(17,3)4)11-20-16(21)13-9-12-7-5-6-8-14(12)19-10-13/h5-8,13,15,19H,9-11H2,1-4H3,(H,20,21). The van der Waals surface area contributed by atoms with Gasteiger partial charge in [-0.2, -0.15) is 0 Å². The summed E-state index contributed by atoms with van der Waals surface area (Å²) in [6.07, 6.45) is 0.840. The first-order chi connectivity index (χ1) is 9.84. The number of carbonyl (C=O) groups is 1. The van der Waals surface area contributed by atoms with Crippen LogP contribution in [-0.2, 0) is 11.2 Å². The highest BCUT2D eigenvalue weighted by molar-refractivity contribution is 5.80. The Hall–Kier alpha value is -1.51. The Balaban J connectivity index is 1.56. The van der Waals surface area contributed by atoms with Crippen LogP contribution < -0.4 is 10.6 Å². The molecule has 2 aliphatic rings. The molecule has 1 fully saturated rings. The normalized spacial score (nSPS) is 25.6. The van der Waals surface area contributed by atoms with E-state index in [0.29, 0.717) is 16.7 Å². The molecule has 1 heterocycles. The number of fused-ring (bicyclic) bond motifs is 1. The number of rotatable bonds is 3. The fraction of sp³-hybridized carbons (Fsp3) is 0.611. The number of para-hydroxylation sites is 1. The molecular formula is C18H26N2O. The maximum Gasteiger partial charge on any atom is 0.225 e. The molecule has 0 saturated heterocycles. The van der Waals surface area contributed by atoms with Crippen LogP contribution in [0.15, 0.2) is 24.3 Å².